The summed E-state index contributed by atoms with van der Waals surface area (Å²) < 4.78 is 0.929. The molecule has 1 fully saturated rings. The minimum absolute atomic E-state index is 0.0242. The summed E-state index contributed by atoms with van der Waals surface area (Å²) in [7, 11) is 0. The van der Waals surface area contributed by atoms with E-state index >= 15 is 0 Å². The van der Waals surface area contributed by atoms with Gasteiger partial charge >= 0.3 is 0 Å². The predicted molar refractivity (Wildman–Crippen MR) is 84.8 cm³/mol. The van der Waals surface area contributed by atoms with Gasteiger partial charge in [-0.1, -0.05) is 12.8 Å². The lowest BCUT2D eigenvalue weighted by atomic mass is 9.85. The zero-order valence-electron chi connectivity index (χ0n) is 10.5. The van der Waals surface area contributed by atoms with E-state index in [4.69, 9.17) is 11.6 Å². The molecule has 1 amide bonds. The number of aromatic hydroxyl groups is 1. The van der Waals surface area contributed by atoms with Gasteiger partial charge in [0.1, 0.15) is 5.75 Å². The molecule has 0 radical (unpaired) electrons. The highest BCUT2D eigenvalue weighted by Crippen LogP contribution is 2.26. The average molecular weight is 394 g/mol. The lowest BCUT2D eigenvalue weighted by Gasteiger charge is -2.30. The normalized spacial score (nSPS) is 23.1. The number of carbonyl (C=O) groups is 1. The largest absolute Gasteiger partial charge is 0.507 e. The number of carbonyl (C=O) groups excluding carboxylic acids is 1. The SMILES string of the molecule is O=C(NC1CCCCC1CCl)c1cc(I)ccc1O. The van der Waals surface area contributed by atoms with Crippen molar-refractivity contribution in [2.24, 2.45) is 5.92 Å². The Morgan fingerprint density at radius 3 is 2.89 bits per heavy atom. The second-order valence-corrected chi connectivity index (χ2v) is 6.49. The first-order chi connectivity index (χ1) is 9.11. The molecule has 1 saturated carbocycles. The Kier molecular flexibility index (Phi) is 5.33. The standard InChI is InChI=1S/C14H17ClINO2/c15-8-9-3-1-2-4-12(9)17-14(19)11-7-10(16)5-6-13(11)18/h5-7,9,12,18H,1-4,8H2,(H,17,19). The monoisotopic (exact) mass is 393 g/mol. The maximum atomic E-state index is 12.2. The zero-order valence-corrected chi connectivity index (χ0v) is 13.4. The van der Waals surface area contributed by atoms with Crippen LogP contribution in [0.15, 0.2) is 18.2 Å². The number of phenols is 1. The molecule has 1 aromatic rings. The van der Waals surface area contributed by atoms with E-state index in [1.807, 2.05) is 0 Å². The van der Waals surface area contributed by atoms with Crippen LogP contribution in [0, 0.1) is 9.49 Å². The average Bonchev–Trinajstić information content (AvgIpc) is 2.42. The highest BCUT2D eigenvalue weighted by atomic mass is 127. The number of alkyl halides is 1. The molecule has 0 aliphatic heterocycles. The van der Waals surface area contributed by atoms with Crippen molar-refractivity contribution >= 4 is 40.1 Å². The molecule has 0 aromatic heterocycles. The van der Waals surface area contributed by atoms with Gasteiger partial charge in [0.2, 0.25) is 0 Å². The van der Waals surface area contributed by atoms with Crippen LogP contribution < -0.4 is 5.32 Å². The highest BCUT2D eigenvalue weighted by Gasteiger charge is 2.26. The van der Waals surface area contributed by atoms with Crippen molar-refractivity contribution in [1.29, 1.82) is 0 Å². The molecular formula is C14H17ClINO2. The van der Waals surface area contributed by atoms with Crippen LogP contribution in [0.1, 0.15) is 36.0 Å². The summed E-state index contributed by atoms with van der Waals surface area (Å²) in [6, 6.07) is 5.14. The number of rotatable bonds is 3. The summed E-state index contributed by atoms with van der Waals surface area (Å²) in [5.41, 5.74) is 0.339. The van der Waals surface area contributed by atoms with E-state index in [-0.39, 0.29) is 17.7 Å². The molecule has 0 saturated heterocycles. The first-order valence-electron chi connectivity index (χ1n) is 6.47. The lowest BCUT2D eigenvalue weighted by molar-refractivity contribution is 0.0908. The van der Waals surface area contributed by atoms with Crippen LogP contribution in [-0.4, -0.2) is 22.9 Å². The van der Waals surface area contributed by atoms with Crippen molar-refractivity contribution in [2.75, 3.05) is 5.88 Å². The summed E-state index contributed by atoms with van der Waals surface area (Å²) in [6.07, 6.45) is 4.33. The summed E-state index contributed by atoms with van der Waals surface area (Å²) in [6.45, 7) is 0. The molecule has 1 aliphatic carbocycles. The van der Waals surface area contributed by atoms with Gasteiger partial charge in [-0.05, 0) is 59.5 Å². The van der Waals surface area contributed by atoms with Crippen LogP contribution in [-0.2, 0) is 0 Å². The minimum atomic E-state index is -0.210. The quantitative estimate of drug-likeness (QED) is 0.610. The number of benzene rings is 1. The molecular weight excluding hydrogens is 377 g/mol. The van der Waals surface area contributed by atoms with Gasteiger partial charge in [-0.3, -0.25) is 4.79 Å². The van der Waals surface area contributed by atoms with Crippen molar-refractivity contribution in [3.63, 3.8) is 0 Å². The Morgan fingerprint density at radius 1 is 1.42 bits per heavy atom. The van der Waals surface area contributed by atoms with E-state index in [2.05, 4.69) is 27.9 Å². The third-order valence-corrected chi connectivity index (χ3v) is 4.69. The second-order valence-electron chi connectivity index (χ2n) is 4.94. The van der Waals surface area contributed by atoms with E-state index in [1.54, 1.807) is 18.2 Å². The molecule has 2 N–H and O–H groups in total. The van der Waals surface area contributed by atoms with Gasteiger partial charge in [0, 0.05) is 15.5 Å². The van der Waals surface area contributed by atoms with Crippen molar-refractivity contribution in [2.45, 2.75) is 31.7 Å². The lowest BCUT2D eigenvalue weighted by Crippen LogP contribution is -2.42. The number of phenolic OH excluding ortho intramolecular Hbond substituents is 1. The van der Waals surface area contributed by atoms with Crippen LogP contribution >= 0.6 is 34.2 Å². The fraction of sp³-hybridized carbons (Fsp3) is 0.500. The maximum Gasteiger partial charge on any atom is 0.255 e. The first-order valence-corrected chi connectivity index (χ1v) is 8.08. The number of nitrogens with one attached hydrogen (secondary N) is 1. The summed E-state index contributed by atoms with van der Waals surface area (Å²) in [5.74, 6) is 0.724. The van der Waals surface area contributed by atoms with Crippen LogP contribution in [0.4, 0.5) is 0 Å². The van der Waals surface area contributed by atoms with Gasteiger partial charge < -0.3 is 10.4 Å². The number of hydrogen-bond donors (Lipinski definition) is 2. The molecule has 19 heavy (non-hydrogen) atoms. The zero-order chi connectivity index (χ0) is 13.8. The van der Waals surface area contributed by atoms with Crippen LogP contribution in [0.3, 0.4) is 0 Å². The Labute approximate surface area is 131 Å². The van der Waals surface area contributed by atoms with Crippen molar-refractivity contribution in [3.8, 4) is 5.75 Å². The summed E-state index contributed by atoms with van der Waals surface area (Å²) >= 11 is 8.08. The number of amides is 1. The van der Waals surface area contributed by atoms with Gasteiger partial charge in [-0.15, -0.1) is 11.6 Å². The Hall–Kier alpha value is -0.490. The van der Waals surface area contributed by atoms with E-state index in [9.17, 15) is 9.90 Å². The van der Waals surface area contributed by atoms with E-state index in [0.29, 0.717) is 17.4 Å². The van der Waals surface area contributed by atoms with Crippen LogP contribution in [0.5, 0.6) is 5.75 Å². The minimum Gasteiger partial charge on any atom is -0.507 e. The molecule has 1 aromatic carbocycles. The highest BCUT2D eigenvalue weighted by molar-refractivity contribution is 14.1. The van der Waals surface area contributed by atoms with Crippen LogP contribution in [0.2, 0.25) is 0 Å². The molecule has 0 spiro atoms. The van der Waals surface area contributed by atoms with Gasteiger partial charge in [-0.25, -0.2) is 0 Å². The molecule has 2 unspecified atom stereocenters. The fourth-order valence-electron chi connectivity index (χ4n) is 2.52. The molecule has 2 atom stereocenters. The third-order valence-electron chi connectivity index (χ3n) is 3.63. The molecule has 0 bridgehead atoms. The fourth-order valence-corrected chi connectivity index (χ4v) is 3.38. The Morgan fingerprint density at radius 2 is 2.16 bits per heavy atom. The molecule has 0 heterocycles. The number of halogens is 2. The summed E-state index contributed by atoms with van der Waals surface area (Å²) in [4.78, 5) is 12.2. The van der Waals surface area contributed by atoms with Gasteiger partial charge in [0.15, 0.2) is 0 Å². The Bertz CT molecular complexity index is 467. The second kappa shape index (κ2) is 6.79. The Balaban J connectivity index is 2.09. The van der Waals surface area contributed by atoms with Gasteiger partial charge in [0.25, 0.3) is 5.91 Å². The maximum absolute atomic E-state index is 12.2. The number of hydrogen-bond acceptors (Lipinski definition) is 2. The summed E-state index contributed by atoms with van der Waals surface area (Å²) in [5, 5.41) is 12.8. The molecule has 5 heteroatoms. The molecule has 3 nitrogen and oxygen atoms in total. The molecule has 104 valence electrons. The first kappa shape index (κ1) is 14.9. The van der Waals surface area contributed by atoms with Crippen molar-refractivity contribution < 1.29 is 9.90 Å². The van der Waals surface area contributed by atoms with E-state index < -0.39 is 0 Å². The smallest absolute Gasteiger partial charge is 0.255 e. The van der Waals surface area contributed by atoms with E-state index in [0.717, 1.165) is 22.8 Å². The van der Waals surface area contributed by atoms with Crippen molar-refractivity contribution in [3.05, 3.63) is 27.3 Å². The topological polar surface area (TPSA) is 49.3 Å². The van der Waals surface area contributed by atoms with Crippen LogP contribution in [0.25, 0.3) is 0 Å². The van der Waals surface area contributed by atoms with Crippen molar-refractivity contribution in [1.82, 2.24) is 5.32 Å². The van der Waals surface area contributed by atoms with E-state index in [1.165, 1.54) is 6.42 Å². The third kappa shape index (κ3) is 3.75. The van der Waals surface area contributed by atoms with Gasteiger partial charge in [0.05, 0.1) is 5.56 Å². The van der Waals surface area contributed by atoms with Gasteiger partial charge in [-0.2, -0.15) is 0 Å². The predicted octanol–water partition coefficient (Wildman–Crippen LogP) is 3.52. The molecule has 1 aliphatic rings. The molecule has 2 rings (SSSR count).